The Hall–Kier alpha value is -2.07. The van der Waals surface area contributed by atoms with Gasteiger partial charge in [0, 0.05) is 36.4 Å². The number of aryl methyl sites for hydroxylation is 1. The van der Waals surface area contributed by atoms with Gasteiger partial charge < -0.3 is 4.90 Å². The van der Waals surface area contributed by atoms with Crippen LogP contribution in [0.4, 0.5) is 11.4 Å². The molecule has 0 atom stereocenters. The van der Waals surface area contributed by atoms with Crippen LogP contribution in [-0.2, 0) is 13.0 Å². The third-order valence-corrected chi connectivity index (χ3v) is 3.80. The van der Waals surface area contributed by atoms with Crippen molar-refractivity contribution in [3.05, 3.63) is 68.7 Å². The molecular formula is C16H17ClN2O2. The van der Waals surface area contributed by atoms with E-state index in [0.717, 1.165) is 17.7 Å². The number of nitrogens with zero attached hydrogens (tertiary/aromatic N) is 2. The second-order valence-electron chi connectivity index (χ2n) is 4.91. The highest BCUT2D eigenvalue weighted by atomic mass is 35.5. The van der Waals surface area contributed by atoms with Crippen LogP contribution in [0.1, 0.15) is 18.1 Å². The zero-order chi connectivity index (χ0) is 15.4. The summed E-state index contributed by atoms with van der Waals surface area (Å²) in [5.41, 5.74) is 3.13. The molecule has 0 radical (unpaired) electrons. The molecule has 0 bridgehead atoms. The van der Waals surface area contributed by atoms with Gasteiger partial charge in [-0.15, -0.1) is 0 Å². The summed E-state index contributed by atoms with van der Waals surface area (Å²) in [6, 6.07) is 12.8. The molecule has 0 spiro atoms. The minimum Gasteiger partial charge on any atom is -0.370 e. The lowest BCUT2D eigenvalue weighted by molar-refractivity contribution is -0.384. The monoisotopic (exact) mass is 304 g/mol. The Kier molecular flexibility index (Phi) is 4.81. The highest BCUT2D eigenvalue weighted by Gasteiger charge is 2.11. The molecule has 0 heterocycles. The van der Waals surface area contributed by atoms with Crippen molar-refractivity contribution in [3.63, 3.8) is 0 Å². The number of nitro groups is 1. The summed E-state index contributed by atoms with van der Waals surface area (Å²) in [7, 11) is 1.94. The summed E-state index contributed by atoms with van der Waals surface area (Å²) in [5, 5.41) is 11.4. The normalized spacial score (nSPS) is 10.4. The summed E-state index contributed by atoms with van der Waals surface area (Å²) in [5.74, 6) is 0. The highest BCUT2D eigenvalue weighted by molar-refractivity contribution is 6.31. The van der Waals surface area contributed by atoms with E-state index in [1.807, 2.05) is 24.1 Å². The van der Waals surface area contributed by atoms with E-state index < -0.39 is 4.92 Å². The van der Waals surface area contributed by atoms with Gasteiger partial charge in [-0.3, -0.25) is 10.1 Å². The van der Waals surface area contributed by atoms with Crippen molar-refractivity contribution in [1.29, 1.82) is 0 Å². The van der Waals surface area contributed by atoms with Crippen LogP contribution in [0.5, 0.6) is 0 Å². The molecule has 0 aromatic heterocycles. The lowest BCUT2D eigenvalue weighted by Crippen LogP contribution is -2.16. The number of benzene rings is 2. The SMILES string of the molecule is CCc1ccc(N(C)Cc2cc([N+](=O)[O-])ccc2Cl)cc1. The molecule has 0 amide bonds. The van der Waals surface area contributed by atoms with Crippen LogP contribution >= 0.6 is 11.6 Å². The summed E-state index contributed by atoms with van der Waals surface area (Å²) in [6.07, 6.45) is 1.00. The lowest BCUT2D eigenvalue weighted by atomic mass is 10.1. The summed E-state index contributed by atoms with van der Waals surface area (Å²) in [6.45, 7) is 2.63. The molecule has 110 valence electrons. The van der Waals surface area contributed by atoms with E-state index in [9.17, 15) is 10.1 Å². The molecular weight excluding hydrogens is 288 g/mol. The van der Waals surface area contributed by atoms with Crippen molar-refractivity contribution in [1.82, 2.24) is 0 Å². The predicted molar refractivity (Wildman–Crippen MR) is 86.0 cm³/mol. The largest absolute Gasteiger partial charge is 0.370 e. The minimum atomic E-state index is -0.407. The Labute approximate surface area is 129 Å². The van der Waals surface area contributed by atoms with Crippen LogP contribution in [0, 0.1) is 10.1 Å². The van der Waals surface area contributed by atoms with E-state index in [1.54, 1.807) is 6.07 Å². The number of hydrogen-bond donors (Lipinski definition) is 0. The van der Waals surface area contributed by atoms with E-state index >= 15 is 0 Å². The van der Waals surface area contributed by atoms with Gasteiger partial charge in [0.25, 0.3) is 5.69 Å². The second-order valence-corrected chi connectivity index (χ2v) is 5.32. The first-order valence-electron chi connectivity index (χ1n) is 6.74. The molecule has 5 heteroatoms. The molecule has 0 saturated heterocycles. The van der Waals surface area contributed by atoms with E-state index in [-0.39, 0.29) is 5.69 Å². The zero-order valence-corrected chi connectivity index (χ0v) is 12.8. The van der Waals surface area contributed by atoms with Gasteiger partial charge >= 0.3 is 0 Å². The van der Waals surface area contributed by atoms with Gasteiger partial charge in [0.05, 0.1) is 4.92 Å². The average molecular weight is 305 g/mol. The maximum Gasteiger partial charge on any atom is 0.269 e. The smallest absolute Gasteiger partial charge is 0.269 e. The summed E-state index contributed by atoms with van der Waals surface area (Å²) < 4.78 is 0. The molecule has 0 saturated carbocycles. The second kappa shape index (κ2) is 6.59. The number of nitro benzene ring substituents is 1. The van der Waals surface area contributed by atoms with Gasteiger partial charge in [-0.2, -0.15) is 0 Å². The molecule has 0 aliphatic rings. The van der Waals surface area contributed by atoms with E-state index in [2.05, 4.69) is 19.1 Å². The Morgan fingerprint density at radius 1 is 1.19 bits per heavy atom. The number of anilines is 1. The number of rotatable bonds is 5. The first-order chi connectivity index (χ1) is 10.0. The van der Waals surface area contributed by atoms with Crippen molar-refractivity contribution in [2.45, 2.75) is 19.9 Å². The Bertz CT molecular complexity index is 641. The first-order valence-corrected chi connectivity index (χ1v) is 7.12. The third kappa shape index (κ3) is 3.73. The third-order valence-electron chi connectivity index (χ3n) is 3.43. The summed E-state index contributed by atoms with van der Waals surface area (Å²) >= 11 is 6.13. The van der Waals surface area contributed by atoms with Gasteiger partial charge in [0.2, 0.25) is 0 Å². The van der Waals surface area contributed by atoms with Crippen LogP contribution in [0.15, 0.2) is 42.5 Å². The van der Waals surface area contributed by atoms with Gasteiger partial charge in [0.15, 0.2) is 0 Å². The lowest BCUT2D eigenvalue weighted by Gasteiger charge is -2.20. The average Bonchev–Trinajstić information content (AvgIpc) is 2.49. The van der Waals surface area contributed by atoms with Gasteiger partial charge in [-0.25, -0.2) is 0 Å². The topological polar surface area (TPSA) is 46.4 Å². The van der Waals surface area contributed by atoms with Gasteiger partial charge in [-0.05, 0) is 35.7 Å². The molecule has 0 aliphatic carbocycles. The van der Waals surface area contributed by atoms with Crippen molar-refractivity contribution < 1.29 is 4.92 Å². The van der Waals surface area contributed by atoms with Crippen molar-refractivity contribution in [3.8, 4) is 0 Å². The molecule has 0 aliphatic heterocycles. The molecule has 4 nitrogen and oxygen atoms in total. The van der Waals surface area contributed by atoms with E-state index in [1.165, 1.54) is 17.7 Å². The standard InChI is InChI=1S/C16H17ClN2O2/c1-3-12-4-6-14(7-5-12)18(2)11-13-10-15(19(20)21)8-9-16(13)17/h4-10H,3,11H2,1-2H3. The van der Waals surface area contributed by atoms with Crippen LogP contribution in [0.2, 0.25) is 5.02 Å². The zero-order valence-electron chi connectivity index (χ0n) is 12.0. The van der Waals surface area contributed by atoms with Crippen LogP contribution < -0.4 is 4.90 Å². The van der Waals surface area contributed by atoms with Gasteiger partial charge in [-0.1, -0.05) is 30.7 Å². The van der Waals surface area contributed by atoms with Gasteiger partial charge in [0.1, 0.15) is 0 Å². The Morgan fingerprint density at radius 2 is 1.86 bits per heavy atom. The molecule has 0 N–H and O–H groups in total. The fraction of sp³-hybridized carbons (Fsp3) is 0.250. The Balaban J connectivity index is 2.19. The molecule has 2 rings (SSSR count). The first kappa shape index (κ1) is 15.3. The fourth-order valence-electron chi connectivity index (χ4n) is 2.13. The number of halogens is 1. The highest BCUT2D eigenvalue weighted by Crippen LogP contribution is 2.25. The van der Waals surface area contributed by atoms with E-state index in [4.69, 9.17) is 11.6 Å². The maximum atomic E-state index is 10.8. The van der Waals surface area contributed by atoms with Crippen LogP contribution in [0.25, 0.3) is 0 Å². The minimum absolute atomic E-state index is 0.0594. The van der Waals surface area contributed by atoms with E-state index in [0.29, 0.717) is 11.6 Å². The molecule has 0 fully saturated rings. The molecule has 2 aromatic carbocycles. The maximum absolute atomic E-state index is 10.8. The molecule has 0 unspecified atom stereocenters. The van der Waals surface area contributed by atoms with Crippen molar-refractivity contribution in [2.24, 2.45) is 0 Å². The predicted octanol–water partition coefficient (Wildman–Crippen LogP) is 4.45. The Morgan fingerprint density at radius 3 is 2.43 bits per heavy atom. The van der Waals surface area contributed by atoms with Crippen LogP contribution in [-0.4, -0.2) is 12.0 Å². The fourth-order valence-corrected chi connectivity index (χ4v) is 2.31. The number of non-ortho nitro benzene ring substituents is 1. The summed E-state index contributed by atoms with van der Waals surface area (Å²) in [4.78, 5) is 12.5. The van der Waals surface area contributed by atoms with Crippen LogP contribution in [0.3, 0.4) is 0 Å². The quantitative estimate of drug-likeness (QED) is 0.605. The molecule has 21 heavy (non-hydrogen) atoms. The van der Waals surface area contributed by atoms with Crippen molar-refractivity contribution in [2.75, 3.05) is 11.9 Å². The molecule has 2 aromatic rings. The van der Waals surface area contributed by atoms with Crippen molar-refractivity contribution >= 4 is 23.0 Å². The number of hydrogen-bond acceptors (Lipinski definition) is 3.